The summed E-state index contributed by atoms with van der Waals surface area (Å²) < 4.78 is 14.6. The van der Waals surface area contributed by atoms with Gasteiger partial charge in [-0.3, -0.25) is 4.57 Å². The Morgan fingerprint density at radius 2 is 1.90 bits per heavy atom. The zero-order valence-corrected chi connectivity index (χ0v) is 13.0. The fourth-order valence-corrected chi connectivity index (χ4v) is 3.31. The molecular formula is C14H19FN4OS. The molecule has 0 bridgehead atoms. The summed E-state index contributed by atoms with van der Waals surface area (Å²) in [5, 5.41) is 6.99. The number of nitrogens with two attached hydrogens (primary N) is 1. The smallest absolute Gasteiger partial charge is 0.327 e. The second-order valence-electron chi connectivity index (χ2n) is 5.22. The standard InChI is InChI=1S/C14H19FN4OS/c1-8(2)19-13(20)17-18-14(19)21-12(9(3)16)10-4-6-11(15)7-5-10/h4-9,12H,16H2,1-3H3,(H,17,20). The minimum absolute atomic E-state index is 0.000647. The van der Waals surface area contributed by atoms with Gasteiger partial charge in [-0.2, -0.15) is 0 Å². The minimum Gasteiger partial charge on any atom is -0.327 e. The number of H-pyrrole nitrogens is 1. The Balaban J connectivity index is 2.33. The van der Waals surface area contributed by atoms with Crippen LogP contribution in [0.1, 0.15) is 37.6 Å². The van der Waals surface area contributed by atoms with Crippen molar-refractivity contribution >= 4 is 11.8 Å². The first-order chi connectivity index (χ1) is 9.90. The summed E-state index contributed by atoms with van der Waals surface area (Å²) in [6.07, 6.45) is 0. The van der Waals surface area contributed by atoms with Crippen molar-refractivity contribution < 1.29 is 4.39 Å². The van der Waals surface area contributed by atoms with Crippen LogP contribution in [0, 0.1) is 5.82 Å². The normalized spacial score (nSPS) is 14.4. The summed E-state index contributed by atoms with van der Waals surface area (Å²) in [4.78, 5) is 11.8. The zero-order chi connectivity index (χ0) is 15.6. The van der Waals surface area contributed by atoms with Gasteiger partial charge in [-0.25, -0.2) is 14.3 Å². The molecule has 0 spiro atoms. The number of hydrogen-bond acceptors (Lipinski definition) is 4. The molecule has 114 valence electrons. The van der Waals surface area contributed by atoms with Crippen molar-refractivity contribution in [1.29, 1.82) is 0 Å². The Hall–Kier alpha value is -1.60. The molecular weight excluding hydrogens is 291 g/mol. The van der Waals surface area contributed by atoms with Gasteiger partial charge in [-0.1, -0.05) is 23.9 Å². The van der Waals surface area contributed by atoms with Gasteiger partial charge in [0.05, 0.1) is 5.25 Å². The summed E-state index contributed by atoms with van der Waals surface area (Å²) in [6, 6.07) is 6.06. The van der Waals surface area contributed by atoms with E-state index in [1.807, 2.05) is 20.8 Å². The Bertz CT molecular complexity index is 648. The van der Waals surface area contributed by atoms with E-state index in [9.17, 15) is 9.18 Å². The van der Waals surface area contributed by atoms with Gasteiger partial charge in [0, 0.05) is 12.1 Å². The van der Waals surface area contributed by atoms with E-state index in [-0.39, 0.29) is 28.8 Å². The average molecular weight is 310 g/mol. The Morgan fingerprint density at radius 3 is 2.43 bits per heavy atom. The molecule has 5 nitrogen and oxygen atoms in total. The highest BCUT2D eigenvalue weighted by molar-refractivity contribution is 7.99. The maximum absolute atomic E-state index is 13.1. The number of aromatic amines is 1. The van der Waals surface area contributed by atoms with Crippen LogP contribution < -0.4 is 11.4 Å². The molecule has 0 aliphatic rings. The van der Waals surface area contributed by atoms with Gasteiger partial charge >= 0.3 is 5.69 Å². The third-order valence-corrected chi connectivity index (χ3v) is 4.55. The van der Waals surface area contributed by atoms with E-state index in [1.54, 1.807) is 16.7 Å². The molecule has 1 aromatic carbocycles. The minimum atomic E-state index is -0.286. The molecule has 2 rings (SSSR count). The van der Waals surface area contributed by atoms with Crippen molar-refractivity contribution in [2.45, 2.75) is 43.3 Å². The van der Waals surface area contributed by atoms with Gasteiger partial charge in [0.15, 0.2) is 5.16 Å². The first-order valence-electron chi connectivity index (χ1n) is 6.74. The average Bonchev–Trinajstić information content (AvgIpc) is 2.78. The molecule has 0 aliphatic heterocycles. The third-order valence-electron chi connectivity index (χ3n) is 3.10. The lowest BCUT2D eigenvalue weighted by Gasteiger charge is -2.21. The van der Waals surface area contributed by atoms with E-state index in [2.05, 4.69) is 10.2 Å². The molecule has 0 radical (unpaired) electrons. The summed E-state index contributed by atoms with van der Waals surface area (Å²) in [5.74, 6) is -0.286. The SMILES string of the molecule is CC(N)C(Sc1n[nH]c(=O)n1C(C)C)c1ccc(F)cc1. The molecule has 0 saturated heterocycles. The number of benzene rings is 1. The van der Waals surface area contributed by atoms with Crippen LogP contribution in [-0.2, 0) is 0 Å². The molecule has 2 atom stereocenters. The van der Waals surface area contributed by atoms with Crippen molar-refractivity contribution in [3.05, 3.63) is 46.1 Å². The van der Waals surface area contributed by atoms with Crippen LogP contribution in [0.15, 0.2) is 34.2 Å². The highest BCUT2D eigenvalue weighted by Crippen LogP contribution is 2.36. The number of rotatable bonds is 5. The molecule has 2 unspecified atom stereocenters. The van der Waals surface area contributed by atoms with Gasteiger partial charge in [0.2, 0.25) is 0 Å². The lowest BCUT2D eigenvalue weighted by molar-refractivity contribution is 0.532. The molecule has 0 amide bonds. The van der Waals surface area contributed by atoms with Gasteiger partial charge < -0.3 is 5.73 Å². The second-order valence-corrected chi connectivity index (χ2v) is 6.33. The molecule has 0 saturated carbocycles. The maximum Gasteiger partial charge on any atom is 0.344 e. The molecule has 7 heteroatoms. The zero-order valence-electron chi connectivity index (χ0n) is 12.2. The van der Waals surface area contributed by atoms with Crippen molar-refractivity contribution in [1.82, 2.24) is 14.8 Å². The van der Waals surface area contributed by atoms with E-state index in [1.165, 1.54) is 23.9 Å². The topological polar surface area (TPSA) is 76.7 Å². The molecule has 21 heavy (non-hydrogen) atoms. The summed E-state index contributed by atoms with van der Waals surface area (Å²) in [7, 11) is 0. The Morgan fingerprint density at radius 1 is 1.29 bits per heavy atom. The number of halogens is 1. The van der Waals surface area contributed by atoms with Gasteiger partial charge in [0.25, 0.3) is 0 Å². The van der Waals surface area contributed by atoms with E-state index < -0.39 is 0 Å². The lowest BCUT2D eigenvalue weighted by atomic mass is 10.1. The quantitative estimate of drug-likeness (QED) is 0.832. The van der Waals surface area contributed by atoms with E-state index in [0.29, 0.717) is 5.16 Å². The van der Waals surface area contributed by atoms with Gasteiger partial charge in [-0.15, -0.1) is 5.10 Å². The van der Waals surface area contributed by atoms with Crippen molar-refractivity contribution in [3.8, 4) is 0 Å². The third kappa shape index (κ3) is 3.54. The summed E-state index contributed by atoms with van der Waals surface area (Å²) >= 11 is 1.40. The van der Waals surface area contributed by atoms with Crippen LogP contribution in [0.5, 0.6) is 0 Å². The fourth-order valence-electron chi connectivity index (χ4n) is 2.07. The summed E-state index contributed by atoms with van der Waals surface area (Å²) in [6.45, 7) is 5.71. The van der Waals surface area contributed by atoms with Crippen LogP contribution in [0.25, 0.3) is 0 Å². The Kier molecular flexibility index (Phi) is 4.84. The Labute approximate surface area is 126 Å². The number of nitrogens with zero attached hydrogens (tertiary/aromatic N) is 2. The molecule has 0 fully saturated rings. The monoisotopic (exact) mass is 310 g/mol. The highest BCUT2D eigenvalue weighted by Gasteiger charge is 2.22. The number of thioether (sulfide) groups is 1. The first kappa shape index (κ1) is 15.8. The van der Waals surface area contributed by atoms with Crippen molar-refractivity contribution in [2.24, 2.45) is 5.73 Å². The number of nitrogens with one attached hydrogen (secondary N) is 1. The van der Waals surface area contributed by atoms with E-state index in [0.717, 1.165) is 5.56 Å². The predicted octanol–water partition coefficient (Wildman–Crippen LogP) is 2.47. The van der Waals surface area contributed by atoms with Crippen molar-refractivity contribution in [3.63, 3.8) is 0 Å². The van der Waals surface area contributed by atoms with Crippen LogP contribution in [0.3, 0.4) is 0 Å². The largest absolute Gasteiger partial charge is 0.344 e. The number of aromatic nitrogens is 3. The van der Waals surface area contributed by atoms with E-state index >= 15 is 0 Å². The lowest BCUT2D eigenvalue weighted by Crippen LogP contribution is -2.24. The molecule has 0 aliphatic carbocycles. The predicted molar refractivity (Wildman–Crippen MR) is 81.9 cm³/mol. The van der Waals surface area contributed by atoms with Gasteiger partial charge in [0.1, 0.15) is 5.82 Å². The maximum atomic E-state index is 13.1. The molecule has 3 N–H and O–H groups in total. The summed E-state index contributed by atoms with van der Waals surface area (Å²) in [5.41, 5.74) is 6.71. The van der Waals surface area contributed by atoms with Crippen LogP contribution in [-0.4, -0.2) is 20.8 Å². The van der Waals surface area contributed by atoms with Crippen LogP contribution >= 0.6 is 11.8 Å². The van der Waals surface area contributed by atoms with E-state index in [4.69, 9.17) is 5.73 Å². The number of hydrogen-bond donors (Lipinski definition) is 2. The fraction of sp³-hybridized carbons (Fsp3) is 0.429. The first-order valence-corrected chi connectivity index (χ1v) is 7.62. The van der Waals surface area contributed by atoms with Crippen LogP contribution in [0.2, 0.25) is 0 Å². The highest BCUT2D eigenvalue weighted by atomic mass is 32.2. The van der Waals surface area contributed by atoms with Crippen molar-refractivity contribution in [2.75, 3.05) is 0 Å². The second kappa shape index (κ2) is 6.44. The van der Waals surface area contributed by atoms with Gasteiger partial charge in [-0.05, 0) is 38.5 Å². The molecule has 2 aromatic rings. The molecule has 1 aromatic heterocycles. The van der Waals surface area contributed by atoms with Crippen LogP contribution in [0.4, 0.5) is 4.39 Å². The molecule has 1 heterocycles.